The predicted molar refractivity (Wildman–Crippen MR) is 212 cm³/mol. The lowest BCUT2D eigenvalue weighted by molar-refractivity contribution is 0.670. The van der Waals surface area contributed by atoms with Gasteiger partial charge in [0.25, 0.3) is 0 Å². The van der Waals surface area contributed by atoms with E-state index in [-0.39, 0.29) is 0 Å². The molecule has 9 aromatic carbocycles. The summed E-state index contributed by atoms with van der Waals surface area (Å²) in [5, 5.41) is 9.71. The molecule has 0 unspecified atom stereocenters. The van der Waals surface area contributed by atoms with Gasteiger partial charge in [-0.25, -0.2) is 0 Å². The van der Waals surface area contributed by atoms with Crippen LogP contribution < -0.4 is 4.90 Å². The van der Waals surface area contributed by atoms with Crippen LogP contribution in [0.4, 0.5) is 17.1 Å². The van der Waals surface area contributed by atoms with E-state index < -0.39 is 0 Å². The van der Waals surface area contributed by atoms with Gasteiger partial charge in [0.05, 0.1) is 5.69 Å². The zero-order chi connectivity index (χ0) is 33.0. The fraction of sp³-hybridized carbons (Fsp3) is 0. The highest BCUT2D eigenvalue weighted by molar-refractivity contribution is 6.15. The molecule has 0 saturated carbocycles. The molecule has 0 atom stereocenters. The molecule has 0 aliphatic carbocycles. The second kappa shape index (κ2) is 11.5. The van der Waals surface area contributed by atoms with Gasteiger partial charge in [-0.15, -0.1) is 0 Å². The highest BCUT2D eigenvalue weighted by atomic mass is 16.3. The van der Waals surface area contributed by atoms with Gasteiger partial charge in [0.1, 0.15) is 11.2 Å². The van der Waals surface area contributed by atoms with Gasteiger partial charge in [0, 0.05) is 33.3 Å². The lowest BCUT2D eigenvalue weighted by Gasteiger charge is -2.29. The first-order valence-electron chi connectivity index (χ1n) is 17.1. The first-order chi connectivity index (χ1) is 24.8. The number of benzene rings is 9. The summed E-state index contributed by atoms with van der Waals surface area (Å²) in [6.07, 6.45) is 0. The second-order valence-corrected chi connectivity index (χ2v) is 12.9. The zero-order valence-corrected chi connectivity index (χ0v) is 27.3. The number of furan rings is 1. The van der Waals surface area contributed by atoms with E-state index in [1.165, 1.54) is 43.4 Å². The van der Waals surface area contributed by atoms with Gasteiger partial charge in [0.2, 0.25) is 0 Å². The minimum Gasteiger partial charge on any atom is -0.455 e. The summed E-state index contributed by atoms with van der Waals surface area (Å²) in [4.78, 5) is 2.40. The number of nitrogens with zero attached hydrogens (tertiary/aromatic N) is 1. The fourth-order valence-corrected chi connectivity index (χ4v) is 7.68. The second-order valence-electron chi connectivity index (χ2n) is 12.9. The molecule has 234 valence electrons. The molecule has 0 N–H and O–H groups in total. The molecular formula is C48H31NO. The third-order valence-corrected chi connectivity index (χ3v) is 10.0. The highest BCUT2D eigenvalue weighted by Crippen LogP contribution is 2.45. The van der Waals surface area contributed by atoms with Gasteiger partial charge >= 0.3 is 0 Å². The molecule has 0 amide bonds. The molecule has 0 fully saturated rings. The predicted octanol–water partition coefficient (Wildman–Crippen LogP) is 13.8. The Kier molecular flexibility index (Phi) is 6.53. The van der Waals surface area contributed by atoms with Crippen molar-refractivity contribution in [3.63, 3.8) is 0 Å². The Labute approximate surface area is 290 Å². The molecule has 2 heteroatoms. The number of hydrogen-bond acceptors (Lipinski definition) is 2. The van der Waals surface area contributed by atoms with Crippen LogP contribution in [0, 0.1) is 0 Å². The van der Waals surface area contributed by atoms with E-state index in [4.69, 9.17) is 4.42 Å². The fourth-order valence-electron chi connectivity index (χ4n) is 7.68. The van der Waals surface area contributed by atoms with Crippen molar-refractivity contribution >= 4 is 71.3 Å². The zero-order valence-electron chi connectivity index (χ0n) is 27.3. The van der Waals surface area contributed by atoms with Gasteiger partial charge in [-0.1, -0.05) is 146 Å². The van der Waals surface area contributed by atoms with E-state index in [1.807, 2.05) is 12.1 Å². The first-order valence-corrected chi connectivity index (χ1v) is 17.1. The van der Waals surface area contributed by atoms with E-state index in [1.54, 1.807) is 0 Å². The monoisotopic (exact) mass is 637 g/mol. The van der Waals surface area contributed by atoms with Gasteiger partial charge in [0.15, 0.2) is 0 Å². The summed E-state index contributed by atoms with van der Waals surface area (Å²) in [6.45, 7) is 0. The van der Waals surface area contributed by atoms with Crippen molar-refractivity contribution in [2.45, 2.75) is 0 Å². The van der Waals surface area contributed by atoms with Gasteiger partial charge < -0.3 is 9.32 Å². The average Bonchev–Trinajstić information content (AvgIpc) is 3.57. The highest BCUT2D eigenvalue weighted by Gasteiger charge is 2.20. The molecule has 0 saturated heterocycles. The molecule has 2 nitrogen and oxygen atoms in total. The van der Waals surface area contributed by atoms with Gasteiger partial charge in [-0.3, -0.25) is 0 Å². The molecule has 0 aliphatic rings. The maximum Gasteiger partial charge on any atom is 0.143 e. The minimum absolute atomic E-state index is 0.909. The lowest BCUT2D eigenvalue weighted by atomic mass is 9.92. The summed E-state index contributed by atoms with van der Waals surface area (Å²) in [7, 11) is 0. The lowest BCUT2D eigenvalue weighted by Crippen LogP contribution is -2.11. The maximum absolute atomic E-state index is 6.42. The topological polar surface area (TPSA) is 16.4 Å². The Morgan fingerprint density at radius 2 is 0.960 bits per heavy atom. The van der Waals surface area contributed by atoms with Crippen LogP contribution in [0.1, 0.15) is 0 Å². The van der Waals surface area contributed by atoms with Crippen molar-refractivity contribution in [2.75, 3.05) is 4.90 Å². The quantitative estimate of drug-likeness (QED) is 0.175. The molecule has 10 aromatic rings. The summed E-state index contributed by atoms with van der Waals surface area (Å²) >= 11 is 0. The van der Waals surface area contributed by atoms with E-state index >= 15 is 0 Å². The van der Waals surface area contributed by atoms with Crippen LogP contribution in [-0.2, 0) is 0 Å². The van der Waals surface area contributed by atoms with Crippen LogP contribution in [0.15, 0.2) is 192 Å². The molecular weight excluding hydrogens is 607 g/mol. The van der Waals surface area contributed by atoms with Crippen molar-refractivity contribution in [1.82, 2.24) is 0 Å². The number of para-hydroxylation sites is 3. The smallest absolute Gasteiger partial charge is 0.143 e. The molecule has 0 radical (unpaired) electrons. The van der Waals surface area contributed by atoms with Crippen molar-refractivity contribution < 1.29 is 4.42 Å². The molecule has 0 bridgehead atoms. The van der Waals surface area contributed by atoms with Crippen LogP contribution in [0.25, 0.3) is 76.5 Å². The van der Waals surface area contributed by atoms with Crippen LogP contribution in [-0.4, -0.2) is 0 Å². The van der Waals surface area contributed by atoms with E-state index in [0.29, 0.717) is 0 Å². The largest absolute Gasteiger partial charge is 0.455 e. The van der Waals surface area contributed by atoms with Crippen LogP contribution in [0.5, 0.6) is 0 Å². The average molecular weight is 638 g/mol. The summed E-state index contributed by atoms with van der Waals surface area (Å²) in [5.41, 5.74) is 9.74. The number of fused-ring (bicyclic) bond motifs is 7. The van der Waals surface area contributed by atoms with E-state index in [0.717, 1.165) is 50.1 Å². The Morgan fingerprint density at radius 1 is 0.340 bits per heavy atom. The Hall–Kier alpha value is -6.64. The van der Waals surface area contributed by atoms with Crippen LogP contribution in [0.3, 0.4) is 0 Å². The molecule has 10 rings (SSSR count). The van der Waals surface area contributed by atoms with Crippen molar-refractivity contribution in [1.29, 1.82) is 0 Å². The third kappa shape index (κ3) is 4.57. The molecule has 0 aliphatic heterocycles. The molecule has 1 aromatic heterocycles. The van der Waals surface area contributed by atoms with E-state index in [2.05, 4.69) is 181 Å². The first kappa shape index (κ1) is 28.4. The Balaban J connectivity index is 1.18. The Bertz CT molecular complexity index is 2880. The van der Waals surface area contributed by atoms with Crippen LogP contribution >= 0.6 is 0 Å². The third-order valence-electron chi connectivity index (χ3n) is 10.0. The molecule has 0 spiro atoms. The van der Waals surface area contributed by atoms with Gasteiger partial charge in [-0.2, -0.15) is 0 Å². The summed E-state index contributed by atoms with van der Waals surface area (Å²) in [6, 6.07) is 67.6. The summed E-state index contributed by atoms with van der Waals surface area (Å²) < 4.78 is 6.42. The number of rotatable bonds is 5. The van der Waals surface area contributed by atoms with Gasteiger partial charge in [-0.05, 0) is 85.9 Å². The van der Waals surface area contributed by atoms with E-state index in [9.17, 15) is 0 Å². The number of anilines is 3. The normalized spacial score (nSPS) is 11.6. The molecule has 50 heavy (non-hydrogen) atoms. The maximum atomic E-state index is 6.42. The van der Waals surface area contributed by atoms with Crippen molar-refractivity contribution in [2.24, 2.45) is 0 Å². The van der Waals surface area contributed by atoms with Crippen LogP contribution in [0.2, 0.25) is 0 Å². The minimum atomic E-state index is 0.909. The Morgan fingerprint density at radius 3 is 1.82 bits per heavy atom. The summed E-state index contributed by atoms with van der Waals surface area (Å²) in [5.74, 6) is 0. The number of hydrogen-bond donors (Lipinski definition) is 0. The standard InChI is InChI=1S/C48H31NO/c1-2-13-34-30-37(29-24-32(34)12-1)49(36-27-25-33(26-28-36)39-20-11-21-44-43-19-8-10-23-47(43)50-48(39)44)46-22-9-7-18-42(46)45-31-35-14-3-4-15-38(35)40-16-5-6-17-41(40)45/h1-31H. The van der Waals surface area contributed by atoms with Crippen molar-refractivity contribution in [3.8, 4) is 22.3 Å². The SMILES string of the molecule is c1ccc(N(c2ccc(-c3cccc4c3oc3ccccc34)cc2)c2ccc3ccccc3c2)c(-c2cc3ccccc3c3ccccc23)c1. The van der Waals surface area contributed by atoms with Crippen molar-refractivity contribution in [3.05, 3.63) is 188 Å². The molecule has 1 heterocycles.